The molecule has 2 fully saturated rings. The summed E-state index contributed by atoms with van der Waals surface area (Å²) >= 11 is 0. The van der Waals surface area contributed by atoms with E-state index >= 15 is 0 Å². The molecule has 0 spiro atoms. The number of ether oxygens (including phenoxy) is 1. The quantitative estimate of drug-likeness (QED) is 0.693. The average molecular weight is 453 g/mol. The topological polar surface area (TPSA) is 87.7 Å². The third kappa shape index (κ3) is 4.30. The summed E-state index contributed by atoms with van der Waals surface area (Å²) in [6.45, 7) is 0.655. The van der Waals surface area contributed by atoms with Gasteiger partial charge in [0.15, 0.2) is 23.1 Å². The summed E-state index contributed by atoms with van der Waals surface area (Å²) in [4.78, 5) is 34.8. The van der Waals surface area contributed by atoms with Crippen molar-refractivity contribution in [2.24, 2.45) is 0 Å². The van der Waals surface area contributed by atoms with E-state index in [1.165, 1.54) is 25.4 Å². The summed E-state index contributed by atoms with van der Waals surface area (Å²) in [5, 5.41) is 2.26. The fourth-order valence-corrected chi connectivity index (χ4v) is 3.55. The molecule has 170 valence electrons. The maximum Gasteiger partial charge on any atom is 0.286 e. The SMILES string of the molecule is CC(=O)N1C[C@@H](NC(=O)c2nccnc2N2CC(Oc3ccc(F)c(F)c3)C2)C(F)(F)C1. The van der Waals surface area contributed by atoms with E-state index in [9.17, 15) is 27.2 Å². The van der Waals surface area contributed by atoms with Gasteiger partial charge in [0.1, 0.15) is 17.9 Å². The van der Waals surface area contributed by atoms with Gasteiger partial charge in [-0.1, -0.05) is 0 Å². The molecule has 2 amide bonds. The van der Waals surface area contributed by atoms with Crippen LogP contribution in [0.1, 0.15) is 17.4 Å². The third-order valence-electron chi connectivity index (χ3n) is 5.30. The van der Waals surface area contributed by atoms with Crippen molar-refractivity contribution in [2.45, 2.75) is 25.0 Å². The number of aromatic nitrogens is 2. The number of amides is 2. The van der Waals surface area contributed by atoms with Crippen molar-refractivity contribution in [3.63, 3.8) is 0 Å². The predicted octanol–water partition coefficient (Wildman–Crippen LogP) is 1.62. The lowest BCUT2D eigenvalue weighted by Crippen LogP contribution is -2.55. The predicted molar refractivity (Wildman–Crippen MR) is 103 cm³/mol. The van der Waals surface area contributed by atoms with E-state index in [1.807, 2.05) is 0 Å². The number of hydrogen-bond acceptors (Lipinski definition) is 6. The highest BCUT2D eigenvalue weighted by Crippen LogP contribution is 2.29. The number of nitrogens with zero attached hydrogens (tertiary/aromatic N) is 4. The van der Waals surface area contributed by atoms with Crippen LogP contribution in [0, 0.1) is 11.6 Å². The minimum Gasteiger partial charge on any atom is -0.487 e. The molecular weight excluding hydrogens is 434 g/mol. The van der Waals surface area contributed by atoms with Gasteiger partial charge in [-0.05, 0) is 12.1 Å². The molecule has 1 N–H and O–H groups in total. The molecule has 12 heteroatoms. The fourth-order valence-electron chi connectivity index (χ4n) is 3.55. The Morgan fingerprint density at radius 1 is 1.12 bits per heavy atom. The second-order valence-electron chi connectivity index (χ2n) is 7.64. The molecule has 4 rings (SSSR count). The Morgan fingerprint density at radius 3 is 2.50 bits per heavy atom. The van der Waals surface area contributed by atoms with Crippen molar-refractivity contribution in [3.8, 4) is 5.75 Å². The Hall–Kier alpha value is -3.44. The number of benzene rings is 1. The molecule has 2 aromatic rings. The van der Waals surface area contributed by atoms with Crippen molar-refractivity contribution in [2.75, 3.05) is 31.1 Å². The number of nitrogens with one attached hydrogen (secondary N) is 1. The van der Waals surface area contributed by atoms with E-state index in [2.05, 4.69) is 15.3 Å². The molecule has 1 aromatic carbocycles. The van der Waals surface area contributed by atoms with Crippen LogP contribution in [0.3, 0.4) is 0 Å². The molecular formula is C20H19F4N5O3. The van der Waals surface area contributed by atoms with E-state index in [0.717, 1.165) is 17.0 Å². The Labute approximate surface area is 180 Å². The number of hydrogen-bond donors (Lipinski definition) is 1. The van der Waals surface area contributed by atoms with Crippen molar-refractivity contribution in [1.82, 2.24) is 20.2 Å². The second kappa shape index (κ2) is 8.24. The molecule has 2 saturated heterocycles. The Bertz CT molecular complexity index is 1050. The molecule has 0 bridgehead atoms. The molecule has 0 saturated carbocycles. The van der Waals surface area contributed by atoms with Crippen LogP contribution < -0.4 is 15.0 Å². The van der Waals surface area contributed by atoms with Crippen LogP contribution in [0.5, 0.6) is 5.75 Å². The number of alkyl halides is 2. The molecule has 2 aliphatic rings. The number of likely N-dealkylation sites (tertiary alicyclic amines) is 1. The van der Waals surface area contributed by atoms with Gasteiger partial charge in [-0.15, -0.1) is 0 Å². The normalized spacial score (nSPS) is 20.1. The summed E-state index contributed by atoms with van der Waals surface area (Å²) in [7, 11) is 0. The molecule has 1 atom stereocenters. The van der Waals surface area contributed by atoms with Gasteiger partial charge in [0.2, 0.25) is 5.91 Å². The maximum absolute atomic E-state index is 14.2. The maximum atomic E-state index is 14.2. The molecule has 32 heavy (non-hydrogen) atoms. The number of carbonyl (C=O) groups excluding carboxylic acids is 2. The molecule has 8 nitrogen and oxygen atoms in total. The summed E-state index contributed by atoms with van der Waals surface area (Å²) < 4.78 is 60.4. The zero-order chi connectivity index (χ0) is 23.0. The lowest BCUT2D eigenvalue weighted by atomic mass is 10.1. The molecule has 0 radical (unpaired) electrons. The fraction of sp³-hybridized carbons (Fsp3) is 0.400. The minimum absolute atomic E-state index is 0.143. The van der Waals surface area contributed by atoms with Gasteiger partial charge in [0.25, 0.3) is 11.8 Å². The molecule has 1 aromatic heterocycles. The lowest BCUT2D eigenvalue weighted by Gasteiger charge is -2.40. The Balaban J connectivity index is 1.41. The standard InChI is InChI=1S/C20H19F4N5O3/c1-11(30)29-9-16(20(23,24)10-29)27-19(31)17-18(26-5-4-25-17)28-7-13(8-28)32-12-2-3-14(21)15(22)6-12/h2-6,13,16H,7-10H2,1H3,(H,27,31)/t16-/m1/s1. The minimum atomic E-state index is -3.27. The van der Waals surface area contributed by atoms with E-state index in [1.54, 1.807) is 4.90 Å². The van der Waals surface area contributed by atoms with Crippen LogP contribution >= 0.6 is 0 Å². The first-order valence-corrected chi connectivity index (χ1v) is 9.76. The zero-order valence-corrected chi connectivity index (χ0v) is 16.9. The largest absolute Gasteiger partial charge is 0.487 e. The van der Waals surface area contributed by atoms with Crippen molar-refractivity contribution in [3.05, 3.63) is 47.9 Å². The highest BCUT2D eigenvalue weighted by molar-refractivity contribution is 5.97. The van der Waals surface area contributed by atoms with Crippen LogP contribution in [0.25, 0.3) is 0 Å². The average Bonchev–Trinajstić information content (AvgIpc) is 3.01. The van der Waals surface area contributed by atoms with E-state index in [0.29, 0.717) is 0 Å². The van der Waals surface area contributed by atoms with Crippen molar-refractivity contribution < 1.29 is 31.9 Å². The second-order valence-corrected chi connectivity index (χ2v) is 7.64. The summed E-state index contributed by atoms with van der Waals surface area (Å²) in [6, 6.07) is 1.65. The Kier molecular flexibility index (Phi) is 5.61. The van der Waals surface area contributed by atoms with Crippen molar-refractivity contribution >= 4 is 17.6 Å². The van der Waals surface area contributed by atoms with E-state index in [4.69, 9.17) is 4.74 Å². The highest BCUT2D eigenvalue weighted by atomic mass is 19.3. The van der Waals surface area contributed by atoms with Gasteiger partial charge in [0, 0.05) is 31.9 Å². The molecule has 2 aliphatic heterocycles. The first-order valence-electron chi connectivity index (χ1n) is 9.76. The summed E-state index contributed by atoms with van der Waals surface area (Å²) in [6.07, 6.45) is 2.25. The van der Waals surface area contributed by atoms with Crippen LogP contribution in [0.2, 0.25) is 0 Å². The molecule has 3 heterocycles. The first-order chi connectivity index (χ1) is 15.1. The van der Waals surface area contributed by atoms with Gasteiger partial charge in [-0.25, -0.2) is 27.5 Å². The van der Waals surface area contributed by atoms with Gasteiger partial charge in [-0.2, -0.15) is 0 Å². The van der Waals surface area contributed by atoms with Crippen LogP contribution in [-0.2, 0) is 4.79 Å². The number of halogens is 4. The van der Waals surface area contributed by atoms with Gasteiger partial charge < -0.3 is 19.9 Å². The zero-order valence-electron chi connectivity index (χ0n) is 16.9. The van der Waals surface area contributed by atoms with Gasteiger partial charge in [0.05, 0.1) is 19.6 Å². The van der Waals surface area contributed by atoms with Crippen LogP contribution in [0.4, 0.5) is 23.4 Å². The monoisotopic (exact) mass is 453 g/mol. The third-order valence-corrected chi connectivity index (χ3v) is 5.30. The highest BCUT2D eigenvalue weighted by Gasteiger charge is 2.50. The first kappa shape index (κ1) is 21.8. The molecule has 0 aliphatic carbocycles. The Morgan fingerprint density at radius 2 is 1.84 bits per heavy atom. The summed E-state index contributed by atoms with van der Waals surface area (Å²) in [5.74, 6) is -6.30. The summed E-state index contributed by atoms with van der Waals surface area (Å²) in [5.41, 5.74) is -0.143. The van der Waals surface area contributed by atoms with E-state index in [-0.39, 0.29) is 43.0 Å². The lowest BCUT2D eigenvalue weighted by molar-refractivity contribution is -0.129. The smallest absolute Gasteiger partial charge is 0.286 e. The van der Waals surface area contributed by atoms with Crippen LogP contribution in [-0.4, -0.2) is 70.9 Å². The van der Waals surface area contributed by atoms with E-state index < -0.39 is 42.0 Å². The molecule has 0 unspecified atom stereocenters. The number of carbonyl (C=O) groups is 2. The van der Waals surface area contributed by atoms with Gasteiger partial charge >= 0.3 is 0 Å². The number of rotatable bonds is 5. The van der Waals surface area contributed by atoms with Crippen LogP contribution in [0.15, 0.2) is 30.6 Å². The number of anilines is 1. The van der Waals surface area contributed by atoms with Gasteiger partial charge in [-0.3, -0.25) is 9.59 Å². The van der Waals surface area contributed by atoms with Crippen molar-refractivity contribution in [1.29, 1.82) is 0 Å².